The molecule has 0 bridgehead atoms. The summed E-state index contributed by atoms with van der Waals surface area (Å²) in [6.45, 7) is 4.52. The van der Waals surface area contributed by atoms with Gasteiger partial charge >= 0.3 is 0 Å². The second kappa shape index (κ2) is 6.34. The standard InChI is InChI=1S/C25H26O5/c1-14(2)24-8-9-25(19(24)11-24)10-16(15-6-4-3-5-7-15)20-22(29)17(12-26)21(28)18(13-27)23(20)30-25/h3-7,12-14,16,19,28-29H,8-11H2,1-2H3. The van der Waals surface area contributed by atoms with Gasteiger partial charge in [-0.25, -0.2) is 0 Å². The van der Waals surface area contributed by atoms with Crippen molar-refractivity contribution in [3.05, 3.63) is 52.6 Å². The van der Waals surface area contributed by atoms with Gasteiger partial charge in [0, 0.05) is 17.4 Å². The van der Waals surface area contributed by atoms with E-state index in [1.165, 1.54) is 0 Å². The zero-order chi connectivity index (χ0) is 21.3. The molecule has 2 N–H and O–H groups in total. The fraction of sp³-hybridized carbons (Fsp3) is 0.440. The van der Waals surface area contributed by atoms with E-state index in [4.69, 9.17) is 4.74 Å². The molecule has 3 aliphatic rings. The average Bonchev–Trinajstić information content (AvgIpc) is 3.43. The van der Waals surface area contributed by atoms with Gasteiger partial charge in [0.2, 0.25) is 0 Å². The summed E-state index contributed by atoms with van der Waals surface area (Å²) in [6, 6.07) is 9.82. The van der Waals surface area contributed by atoms with Crippen LogP contribution in [-0.2, 0) is 0 Å². The van der Waals surface area contributed by atoms with Crippen LogP contribution in [0.15, 0.2) is 30.3 Å². The van der Waals surface area contributed by atoms with Gasteiger partial charge < -0.3 is 14.9 Å². The maximum Gasteiger partial charge on any atom is 0.157 e. The molecule has 2 fully saturated rings. The lowest BCUT2D eigenvalue weighted by Crippen LogP contribution is -2.42. The largest absolute Gasteiger partial charge is 0.507 e. The third-order valence-corrected chi connectivity index (χ3v) is 8.07. The number of fused-ring (bicyclic) bond motifs is 3. The SMILES string of the molecule is CC(C)C12CCC3(CC(c4ccccc4)c4c(O)c(C=O)c(O)c(C=O)c4O3)C1C2. The van der Waals surface area contributed by atoms with Crippen molar-refractivity contribution in [1.29, 1.82) is 0 Å². The molecule has 0 amide bonds. The van der Waals surface area contributed by atoms with Crippen LogP contribution < -0.4 is 4.74 Å². The number of aromatic hydroxyl groups is 2. The van der Waals surface area contributed by atoms with E-state index in [1.807, 2.05) is 30.3 Å². The second-order valence-electron chi connectivity index (χ2n) is 9.48. The van der Waals surface area contributed by atoms with E-state index < -0.39 is 11.4 Å². The molecule has 4 atom stereocenters. The van der Waals surface area contributed by atoms with Crippen molar-refractivity contribution in [2.24, 2.45) is 17.3 Å². The second-order valence-corrected chi connectivity index (χ2v) is 9.48. The molecule has 1 aliphatic heterocycles. The van der Waals surface area contributed by atoms with Crippen molar-refractivity contribution in [3.8, 4) is 17.2 Å². The van der Waals surface area contributed by atoms with Crippen LogP contribution in [0.2, 0.25) is 0 Å². The Kier molecular flexibility index (Phi) is 4.05. The van der Waals surface area contributed by atoms with Gasteiger partial charge in [-0.1, -0.05) is 44.2 Å². The van der Waals surface area contributed by atoms with Crippen molar-refractivity contribution >= 4 is 12.6 Å². The Hall–Kier alpha value is -2.82. The minimum atomic E-state index is -0.510. The molecule has 5 rings (SSSR count). The number of ether oxygens (including phenoxy) is 1. The summed E-state index contributed by atoms with van der Waals surface area (Å²) in [5.41, 5.74) is 0.956. The summed E-state index contributed by atoms with van der Waals surface area (Å²) < 4.78 is 6.58. The summed E-state index contributed by atoms with van der Waals surface area (Å²) in [5.74, 6) is 0.138. The van der Waals surface area contributed by atoms with E-state index in [9.17, 15) is 19.8 Å². The summed E-state index contributed by atoms with van der Waals surface area (Å²) in [6.07, 6.45) is 4.66. The summed E-state index contributed by atoms with van der Waals surface area (Å²) >= 11 is 0. The van der Waals surface area contributed by atoms with E-state index in [0.29, 0.717) is 36.4 Å². The summed E-state index contributed by atoms with van der Waals surface area (Å²) in [7, 11) is 0. The van der Waals surface area contributed by atoms with Gasteiger partial charge in [0.15, 0.2) is 12.6 Å². The quantitative estimate of drug-likeness (QED) is 0.711. The first-order valence-electron chi connectivity index (χ1n) is 10.6. The fourth-order valence-corrected chi connectivity index (χ4v) is 6.30. The number of hydrogen-bond donors (Lipinski definition) is 2. The highest BCUT2D eigenvalue weighted by molar-refractivity contribution is 5.95. The molecule has 2 aromatic rings. The van der Waals surface area contributed by atoms with Crippen LogP contribution in [0.25, 0.3) is 0 Å². The van der Waals surface area contributed by atoms with E-state index in [-0.39, 0.29) is 34.0 Å². The first kappa shape index (κ1) is 19.2. The van der Waals surface area contributed by atoms with Gasteiger partial charge in [0.05, 0.1) is 11.1 Å². The lowest BCUT2D eigenvalue weighted by atomic mass is 9.75. The minimum absolute atomic E-state index is 0.0485. The predicted molar refractivity (Wildman–Crippen MR) is 111 cm³/mol. The van der Waals surface area contributed by atoms with Crippen LogP contribution in [0.3, 0.4) is 0 Å². The molecule has 2 saturated carbocycles. The summed E-state index contributed by atoms with van der Waals surface area (Å²) in [4.78, 5) is 23.5. The zero-order valence-corrected chi connectivity index (χ0v) is 17.2. The monoisotopic (exact) mass is 406 g/mol. The van der Waals surface area contributed by atoms with Crippen LogP contribution in [-0.4, -0.2) is 28.4 Å². The molecule has 4 unspecified atom stereocenters. The summed E-state index contributed by atoms with van der Waals surface area (Å²) in [5, 5.41) is 21.5. The van der Waals surface area contributed by atoms with Gasteiger partial charge in [-0.05, 0) is 42.6 Å². The Bertz CT molecular complexity index is 1040. The Balaban J connectivity index is 1.74. The molecule has 5 heteroatoms. The molecular weight excluding hydrogens is 380 g/mol. The van der Waals surface area contributed by atoms with Crippen LogP contribution in [0.5, 0.6) is 17.2 Å². The van der Waals surface area contributed by atoms with E-state index in [1.54, 1.807) is 0 Å². The third-order valence-electron chi connectivity index (χ3n) is 8.07. The molecule has 1 spiro atoms. The van der Waals surface area contributed by atoms with Crippen molar-refractivity contribution in [2.45, 2.75) is 51.0 Å². The minimum Gasteiger partial charge on any atom is -0.507 e. The molecule has 5 nitrogen and oxygen atoms in total. The number of aldehydes is 2. The highest BCUT2D eigenvalue weighted by Crippen LogP contribution is 2.74. The van der Waals surface area contributed by atoms with Crippen LogP contribution in [0, 0.1) is 17.3 Å². The maximum atomic E-state index is 12.0. The molecule has 0 aromatic heterocycles. The van der Waals surface area contributed by atoms with Crippen molar-refractivity contribution in [2.75, 3.05) is 0 Å². The Morgan fingerprint density at radius 3 is 2.27 bits per heavy atom. The number of benzene rings is 2. The number of carbonyl (C=O) groups excluding carboxylic acids is 2. The van der Waals surface area contributed by atoms with Gasteiger partial charge in [0.25, 0.3) is 0 Å². The maximum absolute atomic E-state index is 12.0. The fourth-order valence-electron chi connectivity index (χ4n) is 6.30. The van der Waals surface area contributed by atoms with Gasteiger partial charge in [-0.2, -0.15) is 0 Å². The number of carbonyl (C=O) groups is 2. The first-order chi connectivity index (χ1) is 14.4. The zero-order valence-electron chi connectivity index (χ0n) is 17.2. The predicted octanol–water partition coefficient (Wildman–Crippen LogP) is 4.83. The third kappa shape index (κ3) is 2.35. The first-order valence-corrected chi connectivity index (χ1v) is 10.6. The molecule has 30 heavy (non-hydrogen) atoms. The highest BCUT2D eigenvalue weighted by Gasteiger charge is 2.71. The normalized spacial score (nSPS) is 31.2. The van der Waals surface area contributed by atoms with Gasteiger partial charge in [-0.15, -0.1) is 0 Å². The number of phenols is 2. The Labute approximate surface area is 175 Å². The molecular formula is C25H26O5. The molecule has 0 saturated heterocycles. The van der Waals surface area contributed by atoms with E-state index >= 15 is 0 Å². The molecule has 2 aromatic carbocycles. The molecule has 1 heterocycles. The van der Waals surface area contributed by atoms with E-state index in [0.717, 1.165) is 24.8 Å². The molecule has 0 radical (unpaired) electrons. The van der Waals surface area contributed by atoms with E-state index in [2.05, 4.69) is 13.8 Å². The smallest absolute Gasteiger partial charge is 0.157 e. The number of phenolic OH excluding ortho intramolecular Hbond substituents is 2. The number of rotatable bonds is 4. The average molecular weight is 406 g/mol. The topological polar surface area (TPSA) is 83.8 Å². The van der Waals surface area contributed by atoms with Crippen molar-refractivity contribution in [1.82, 2.24) is 0 Å². The van der Waals surface area contributed by atoms with Crippen LogP contribution in [0.4, 0.5) is 0 Å². The van der Waals surface area contributed by atoms with Gasteiger partial charge in [0.1, 0.15) is 22.8 Å². The molecule has 2 aliphatic carbocycles. The lowest BCUT2D eigenvalue weighted by Gasteiger charge is -2.42. The van der Waals surface area contributed by atoms with Crippen LogP contribution in [0.1, 0.15) is 77.3 Å². The van der Waals surface area contributed by atoms with Crippen molar-refractivity contribution in [3.63, 3.8) is 0 Å². The van der Waals surface area contributed by atoms with Crippen molar-refractivity contribution < 1.29 is 24.5 Å². The van der Waals surface area contributed by atoms with Gasteiger partial charge in [-0.3, -0.25) is 9.59 Å². The highest BCUT2D eigenvalue weighted by atomic mass is 16.5. The Morgan fingerprint density at radius 1 is 1.00 bits per heavy atom. The molecule has 156 valence electrons. The lowest BCUT2D eigenvalue weighted by molar-refractivity contribution is 0.0216. The number of hydrogen-bond acceptors (Lipinski definition) is 5. The van der Waals surface area contributed by atoms with Crippen LogP contribution >= 0.6 is 0 Å². The Morgan fingerprint density at radius 2 is 1.70 bits per heavy atom.